The number of piperidine rings is 1. The van der Waals surface area contributed by atoms with Gasteiger partial charge in [-0.1, -0.05) is 61.5 Å². The van der Waals surface area contributed by atoms with Gasteiger partial charge >= 0.3 is 6.18 Å². The van der Waals surface area contributed by atoms with E-state index in [1.807, 2.05) is 18.2 Å². The molecule has 0 spiro atoms. The molecule has 0 bridgehead atoms. The molecule has 1 aromatic heterocycles. The number of aryl methyl sites for hydroxylation is 1. The Hall–Kier alpha value is -7.54. The molecule has 4 aliphatic rings. The van der Waals surface area contributed by atoms with E-state index in [-0.39, 0.29) is 30.0 Å². The lowest BCUT2D eigenvalue weighted by molar-refractivity contribution is -0.134. The Balaban J connectivity index is 0.843. The summed E-state index contributed by atoms with van der Waals surface area (Å²) < 4.78 is 53.2. The van der Waals surface area contributed by atoms with E-state index in [2.05, 4.69) is 55.3 Å². The first-order chi connectivity index (χ1) is 37.4. The first-order valence-corrected chi connectivity index (χ1v) is 26.5. The highest BCUT2D eigenvalue weighted by molar-refractivity contribution is 6.48. The maximum absolute atomic E-state index is 14.2. The van der Waals surface area contributed by atoms with Crippen LogP contribution in [0.4, 0.5) is 40.7 Å². The predicted octanol–water partition coefficient (Wildman–Crippen LogP) is 7.76. The maximum Gasteiger partial charge on any atom is 0.405 e. The van der Waals surface area contributed by atoms with Crippen LogP contribution in [0.5, 0.6) is 11.5 Å². The number of hydrogen-bond donors (Lipinski definition) is 5. The molecule has 5 heterocycles. The smallest absolute Gasteiger partial charge is 0.405 e. The Morgan fingerprint density at radius 2 is 1.60 bits per heavy atom. The number of aromatic hydroxyl groups is 2. The fourth-order valence-electron chi connectivity index (χ4n) is 11.1. The molecule has 0 saturated carbocycles. The molecule has 4 aromatic carbocycles. The predicted molar refractivity (Wildman–Crippen MR) is 292 cm³/mol. The van der Waals surface area contributed by atoms with Crippen LogP contribution in [0.3, 0.4) is 0 Å². The van der Waals surface area contributed by atoms with Crippen molar-refractivity contribution < 1.29 is 37.4 Å². The highest BCUT2D eigenvalue weighted by atomic mass is 35.5. The number of carbonyl (C=O) groups excluding carboxylic acids is 2. The molecule has 22 heteroatoms. The van der Waals surface area contributed by atoms with Crippen LogP contribution in [0.1, 0.15) is 54.1 Å². The Labute approximate surface area is 454 Å². The van der Waals surface area contributed by atoms with E-state index in [4.69, 9.17) is 32.4 Å². The zero-order valence-electron chi connectivity index (χ0n) is 43.3. The van der Waals surface area contributed by atoms with Crippen LogP contribution in [-0.2, 0) is 35.5 Å². The molecule has 0 radical (unpaired) electrons. The number of hydrogen-bond acceptors (Lipinski definition) is 14. The van der Waals surface area contributed by atoms with Crippen molar-refractivity contribution in [2.75, 3.05) is 98.1 Å². The SMILES string of the molecule is C=C(F)C(=O)N1CCN(c2nc(N3CCC(CN4CCN(Cc5ccc(N(C(=N)C(=O)NCC(F)(F)F)C(=N)c6cc(CC)c(O)cc6O)cc5)CC4)CC3)nc3c2CCN(c2cccc4cccc(Cl)c24)C3)C[C@@H]1CC#N. The molecule has 1 atom stereocenters. The quantitative estimate of drug-likeness (QED) is 0.0331. The molecular weight excluding hydrogens is 1030 g/mol. The number of nitriles is 1. The van der Waals surface area contributed by atoms with E-state index in [1.54, 1.807) is 36.5 Å². The Morgan fingerprint density at radius 3 is 2.28 bits per heavy atom. The molecule has 17 nitrogen and oxygen atoms in total. The summed E-state index contributed by atoms with van der Waals surface area (Å²) in [6, 6.07) is 22.8. The number of rotatable bonds is 13. The van der Waals surface area contributed by atoms with Gasteiger partial charge in [-0.15, -0.1) is 0 Å². The molecule has 0 unspecified atom stereocenters. The van der Waals surface area contributed by atoms with Gasteiger partial charge < -0.3 is 40.0 Å². The van der Waals surface area contributed by atoms with Crippen molar-refractivity contribution in [3.63, 3.8) is 0 Å². The van der Waals surface area contributed by atoms with E-state index in [0.29, 0.717) is 68.0 Å². The third kappa shape index (κ3) is 12.3. The van der Waals surface area contributed by atoms with Gasteiger partial charge in [-0.2, -0.15) is 23.4 Å². The van der Waals surface area contributed by atoms with Crippen molar-refractivity contribution in [3.8, 4) is 17.6 Å². The number of piperazine rings is 2. The van der Waals surface area contributed by atoms with E-state index >= 15 is 0 Å². The molecular formula is C56H62ClF4N13O4. The van der Waals surface area contributed by atoms with Crippen LogP contribution in [0.25, 0.3) is 10.8 Å². The Morgan fingerprint density at radius 1 is 0.897 bits per heavy atom. The number of aromatic nitrogens is 2. The molecule has 3 saturated heterocycles. The molecule has 78 heavy (non-hydrogen) atoms. The number of benzene rings is 4. The van der Waals surface area contributed by atoms with Crippen LogP contribution in [0, 0.1) is 28.1 Å². The average Bonchev–Trinajstić information content (AvgIpc) is 3.49. The van der Waals surface area contributed by atoms with Crippen molar-refractivity contribution in [1.29, 1.82) is 16.1 Å². The summed E-state index contributed by atoms with van der Waals surface area (Å²) in [4.78, 5) is 50.0. The molecule has 410 valence electrons. The van der Waals surface area contributed by atoms with E-state index in [9.17, 15) is 42.6 Å². The molecule has 0 aliphatic carbocycles. The Kier molecular flexibility index (Phi) is 16.7. The summed E-state index contributed by atoms with van der Waals surface area (Å²) in [5, 5.41) is 52.7. The highest BCUT2D eigenvalue weighted by Crippen LogP contribution is 2.39. The van der Waals surface area contributed by atoms with E-state index in [0.717, 1.165) is 109 Å². The molecule has 5 aromatic rings. The van der Waals surface area contributed by atoms with Gasteiger partial charge in [0.1, 0.15) is 29.7 Å². The van der Waals surface area contributed by atoms with Gasteiger partial charge in [0.05, 0.1) is 41.4 Å². The van der Waals surface area contributed by atoms with Crippen molar-refractivity contribution in [2.24, 2.45) is 5.92 Å². The number of anilines is 4. The van der Waals surface area contributed by atoms with Crippen LogP contribution in [0.2, 0.25) is 5.02 Å². The number of nitrogens with one attached hydrogen (secondary N) is 3. The second kappa shape index (κ2) is 23.6. The largest absolute Gasteiger partial charge is 0.508 e. The standard InChI is InChI=1S/C56H62ClF4N13O4/c1-3-38-28-43(48(76)29-47(38)75)50(63)74(51(64)53(77)65-34-56(59,60)61)40-12-10-36(11-13-40)30-68-22-24-69(25-23-68)31-37-15-19-70(20-16-37)55-66-45-33-71(46-9-5-7-39-6-4-8-44(57)49(39)46)21-17-42(45)52(67-55)72-26-27-73(54(78)35(2)58)41(32-72)14-18-62/h4-13,28-29,37,41,63-64,75-76H,2-3,14-17,19-27,30-34H2,1H3,(H,65,77)/t41-/m0/s1. The number of phenols is 2. The normalized spacial score (nSPS) is 17.6. The first kappa shape index (κ1) is 55.2. The van der Waals surface area contributed by atoms with Gasteiger partial charge in [0.25, 0.3) is 11.8 Å². The molecule has 5 N–H and O–H groups in total. The van der Waals surface area contributed by atoms with Gasteiger partial charge in [0.15, 0.2) is 11.7 Å². The summed E-state index contributed by atoms with van der Waals surface area (Å²) in [7, 11) is 0. The second-order valence-corrected chi connectivity index (χ2v) is 20.7. The number of phenolic OH excluding ortho intramolecular Hbond substituents is 2. The number of halogens is 5. The van der Waals surface area contributed by atoms with Crippen molar-refractivity contribution in [3.05, 3.63) is 118 Å². The summed E-state index contributed by atoms with van der Waals surface area (Å²) in [5.74, 6) is -3.58. The van der Waals surface area contributed by atoms with Crippen LogP contribution in [0.15, 0.2) is 85.2 Å². The number of nitrogens with zero attached hydrogens (tertiary/aromatic N) is 10. The van der Waals surface area contributed by atoms with Gasteiger partial charge in [-0.25, -0.2) is 9.37 Å². The highest BCUT2D eigenvalue weighted by Gasteiger charge is 2.37. The fourth-order valence-corrected chi connectivity index (χ4v) is 11.3. The van der Waals surface area contributed by atoms with Gasteiger partial charge in [-0.05, 0) is 78.4 Å². The van der Waals surface area contributed by atoms with Crippen LogP contribution in [-0.4, -0.2) is 149 Å². The third-order valence-corrected chi connectivity index (χ3v) is 15.5. The molecule has 4 aliphatic heterocycles. The van der Waals surface area contributed by atoms with Crippen molar-refractivity contribution >= 4 is 69.0 Å². The molecule has 2 amide bonds. The second-order valence-electron chi connectivity index (χ2n) is 20.3. The average molecular weight is 1090 g/mol. The van der Waals surface area contributed by atoms with Gasteiger partial charge in [0.2, 0.25) is 5.95 Å². The lowest BCUT2D eigenvalue weighted by atomic mass is 9.96. The fraction of sp³-hybridized carbons (Fsp3) is 0.411. The topological polar surface area (TPSA) is 207 Å². The maximum atomic E-state index is 14.2. The number of carbonyl (C=O) groups is 2. The van der Waals surface area contributed by atoms with Crippen molar-refractivity contribution in [2.45, 2.75) is 64.3 Å². The Bertz CT molecular complexity index is 3130. The monoisotopic (exact) mass is 1090 g/mol. The van der Waals surface area contributed by atoms with Crippen LogP contribution >= 0.6 is 11.6 Å². The first-order valence-electron chi connectivity index (χ1n) is 26.1. The lowest BCUT2D eigenvalue weighted by Crippen LogP contribution is -2.56. The van der Waals surface area contributed by atoms with E-state index in [1.165, 1.54) is 11.0 Å². The van der Waals surface area contributed by atoms with Gasteiger partial charge in [-0.3, -0.25) is 30.2 Å². The summed E-state index contributed by atoms with van der Waals surface area (Å²) in [6.45, 7) is 11.8. The summed E-state index contributed by atoms with van der Waals surface area (Å²) >= 11 is 6.81. The molecule has 3 fully saturated rings. The number of fused-ring (bicyclic) bond motifs is 2. The van der Waals surface area contributed by atoms with Crippen LogP contribution < -0.4 is 24.9 Å². The third-order valence-electron chi connectivity index (χ3n) is 15.2. The lowest BCUT2D eigenvalue weighted by Gasteiger charge is -2.43. The zero-order valence-corrected chi connectivity index (χ0v) is 44.1. The molecule has 9 rings (SSSR count). The van der Waals surface area contributed by atoms with Gasteiger partial charge in [0, 0.05) is 107 Å². The van der Waals surface area contributed by atoms with Crippen molar-refractivity contribution in [1.82, 2.24) is 30.0 Å². The number of amides is 2. The van der Waals surface area contributed by atoms with E-state index < -0.39 is 53.8 Å². The minimum absolute atomic E-state index is 0.0342. The number of alkyl halides is 3. The summed E-state index contributed by atoms with van der Waals surface area (Å²) in [6.07, 6.45) is -1.84. The number of amidine groups is 2. The minimum Gasteiger partial charge on any atom is -0.508 e. The minimum atomic E-state index is -4.73. The zero-order chi connectivity index (χ0) is 55.4. The summed E-state index contributed by atoms with van der Waals surface area (Å²) in [5.41, 5.74) is 4.25.